The Bertz CT molecular complexity index is 396. The van der Waals surface area contributed by atoms with Crippen LogP contribution in [0.2, 0.25) is 0 Å². The fraction of sp³-hybridized carbons (Fsp3) is 0.611. The third-order valence-electron chi connectivity index (χ3n) is 3.58. The average Bonchev–Trinajstić information content (AvgIpc) is 2.47. The van der Waals surface area contributed by atoms with E-state index in [1.807, 2.05) is 37.3 Å². The minimum absolute atomic E-state index is 0.704. The first-order valence-corrected chi connectivity index (χ1v) is 7.85. The number of nitrogens with zero attached hydrogens (tertiary/aromatic N) is 1. The summed E-state index contributed by atoms with van der Waals surface area (Å²) < 4.78 is 5.84. The SMILES string of the molecule is CCCCCCCCCC(C)(C#N)Oc1ccccc1. The molecule has 2 heteroatoms. The van der Waals surface area contributed by atoms with Gasteiger partial charge in [-0.05, 0) is 25.5 Å². The summed E-state index contributed by atoms with van der Waals surface area (Å²) in [6.45, 7) is 4.12. The van der Waals surface area contributed by atoms with E-state index < -0.39 is 5.60 Å². The smallest absolute Gasteiger partial charge is 0.191 e. The second-order valence-electron chi connectivity index (χ2n) is 5.63. The highest BCUT2D eigenvalue weighted by atomic mass is 16.5. The minimum Gasteiger partial charge on any atom is -0.473 e. The van der Waals surface area contributed by atoms with E-state index in [1.54, 1.807) is 0 Å². The Morgan fingerprint density at radius 2 is 1.60 bits per heavy atom. The van der Waals surface area contributed by atoms with E-state index in [1.165, 1.54) is 38.5 Å². The molecule has 1 unspecified atom stereocenters. The standard InChI is InChI=1S/C18H27NO/c1-3-4-5-6-7-8-12-15-18(2,16-19)20-17-13-10-9-11-14-17/h9-11,13-14H,3-8,12,15H2,1-2H3. The Kier molecular flexibility index (Phi) is 7.80. The summed E-state index contributed by atoms with van der Waals surface area (Å²) in [7, 11) is 0. The number of hydrogen-bond acceptors (Lipinski definition) is 2. The minimum atomic E-state index is -0.704. The maximum Gasteiger partial charge on any atom is 0.191 e. The molecule has 0 fully saturated rings. The number of hydrogen-bond donors (Lipinski definition) is 0. The Balaban J connectivity index is 2.26. The van der Waals surface area contributed by atoms with Crippen molar-refractivity contribution in [3.63, 3.8) is 0 Å². The fourth-order valence-corrected chi connectivity index (χ4v) is 2.30. The first kappa shape index (κ1) is 16.6. The second kappa shape index (κ2) is 9.42. The van der Waals surface area contributed by atoms with Crippen LogP contribution in [0.15, 0.2) is 30.3 Å². The molecule has 0 saturated heterocycles. The van der Waals surface area contributed by atoms with Gasteiger partial charge in [-0.3, -0.25) is 0 Å². The first-order valence-electron chi connectivity index (χ1n) is 7.85. The Hall–Kier alpha value is -1.49. The zero-order valence-corrected chi connectivity index (χ0v) is 12.9. The van der Waals surface area contributed by atoms with Crippen molar-refractivity contribution in [2.24, 2.45) is 0 Å². The van der Waals surface area contributed by atoms with E-state index in [9.17, 15) is 5.26 Å². The molecule has 0 heterocycles. The van der Waals surface area contributed by atoms with E-state index in [0.717, 1.165) is 18.6 Å². The summed E-state index contributed by atoms with van der Waals surface area (Å²) in [5, 5.41) is 9.34. The van der Waals surface area contributed by atoms with Crippen molar-refractivity contribution in [1.29, 1.82) is 5.26 Å². The zero-order chi connectivity index (χ0) is 14.7. The van der Waals surface area contributed by atoms with Crippen LogP contribution in [-0.4, -0.2) is 5.60 Å². The van der Waals surface area contributed by atoms with Gasteiger partial charge in [0.05, 0.1) is 0 Å². The van der Waals surface area contributed by atoms with Gasteiger partial charge in [-0.25, -0.2) is 0 Å². The van der Waals surface area contributed by atoms with Gasteiger partial charge in [-0.2, -0.15) is 5.26 Å². The quantitative estimate of drug-likeness (QED) is 0.528. The lowest BCUT2D eigenvalue weighted by molar-refractivity contribution is 0.134. The molecule has 0 aliphatic rings. The van der Waals surface area contributed by atoms with Crippen LogP contribution >= 0.6 is 0 Å². The van der Waals surface area contributed by atoms with Gasteiger partial charge in [0.15, 0.2) is 5.60 Å². The number of ether oxygens (including phenoxy) is 1. The van der Waals surface area contributed by atoms with Gasteiger partial charge in [0.1, 0.15) is 11.8 Å². The van der Waals surface area contributed by atoms with Gasteiger partial charge in [0.2, 0.25) is 0 Å². The molecule has 0 spiro atoms. The first-order chi connectivity index (χ1) is 9.70. The van der Waals surface area contributed by atoms with Gasteiger partial charge in [-0.1, -0.05) is 63.6 Å². The highest BCUT2D eigenvalue weighted by molar-refractivity contribution is 5.23. The van der Waals surface area contributed by atoms with Crippen LogP contribution < -0.4 is 4.74 Å². The summed E-state index contributed by atoms with van der Waals surface area (Å²) in [5.41, 5.74) is -0.704. The molecule has 0 aliphatic carbocycles. The molecule has 0 saturated carbocycles. The molecule has 1 aromatic rings. The molecule has 20 heavy (non-hydrogen) atoms. The molecule has 2 nitrogen and oxygen atoms in total. The molecule has 0 radical (unpaired) electrons. The van der Waals surface area contributed by atoms with Gasteiger partial charge in [-0.15, -0.1) is 0 Å². The molecule has 0 aromatic heterocycles. The number of nitriles is 1. The van der Waals surface area contributed by atoms with Gasteiger partial charge in [0, 0.05) is 6.42 Å². The lowest BCUT2D eigenvalue weighted by Gasteiger charge is -2.23. The van der Waals surface area contributed by atoms with Crippen LogP contribution in [0.5, 0.6) is 5.75 Å². The van der Waals surface area contributed by atoms with Crippen molar-refractivity contribution in [2.75, 3.05) is 0 Å². The Labute approximate surface area is 123 Å². The molecule has 1 rings (SSSR count). The van der Waals surface area contributed by atoms with Gasteiger partial charge in [0.25, 0.3) is 0 Å². The topological polar surface area (TPSA) is 33.0 Å². The molecule has 1 atom stereocenters. The predicted molar refractivity (Wildman–Crippen MR) is 83.7 cm³/mol. The normalized spacial score (nSPS) is 13.4. The number of para-hydroxylation sites is 1. The number of unbranched alkanes of at least 4 members (excludes halogenated alkanes) is 6. The summed E-state index contributed by atoms with van der Waals surface area (Å²) >= 11 is 0. The van der Waals surface area contributed by atoms with Crippen molar-refractivity contribution in [1.82, 2.24) is 0 Å². The van der Waals surface area contributed by atoms with E-state index in [0.29, 0.717) is 0 Å². The van der Waals surface area contributed by atoms with Crippen LogP contribution in [0.3, 0.4) is 0 Å². The fourth-order valence-electron chi connectivity index (χ4n) is 2.30. The lowest BCUT2D eigenvalue weighted by atomic mass is 9.98. The molecule has 0 bridgehead atoms. The lowest BCUT2D eigenvalue weighted by Crippen LogP contribution is -2.30. The van der Waals surface area contributed by atoms with Crippen LogP contribution in [0, 0.1) is 11.3 Å². The molecule has 110 valence electrons. The van der Waals surface area contributed by atoms with Crippen molar-refractivity contribution in [3.8, 4) is 11.8 Å². The highest BCUT2D eigenvalue weighted by Gasteiger charge is 2.25. The van der Waals surface area contributed by atoms with Crippen molar-refractivity contribution in [3.05, 3.63) is 30.3 Å². The molecule has 0 amide bonds. The third-order valence-corrected chi connectivity index (χ3v) is 3.58. The van der Waals surface area contributed by atoms with E-state index >= 15 is 0 Å². The van der Waals surface area contributed by atoms with E-state index in [-0.39, 0.29) is 0 Å². The second-order valence-corrected chi connectivity index (χ2v) is 5.63. The summed E-state index contributed by atoms with van der Waals surface area (Å²) in [6.07, 6.45) is 9.61. The summed E-state index contributed by atoms with van der Waals surface area (Å²) in [6, 6.07) is 11.9. The number of benzene rings is 1. The van der Waals surface area contributed by atoms with Crippen molar-refractivity contribution in [2.45, 2.75) is 70.8 Å². The average molecular weight is 273 g/mol. The molecule has 0 aliphatic heterocycles. The summed E-state index contributed by atoms with van der Waals surface area (Å²) in [4.78, 5) is 0. The number of rotatable bonds is 10. The molecular weight excluding hydrogens is 246 g/mol. The molecule has 0 N–H and O–H groups in total. The van der Waals surface area contributed by atoms with Gasteiger partial charge < -0.3 is 4.74 Å². The maximum absolute atomic E-state index is 9.34. The van der Waals surface area contributed by atoms with Crippen LogP contribution in [0.25, 0.3) is 0 Å². The van der Waals surface area contributed by atoms with E-state index in [4.69, 9.17) is 4.74 Å². The predicted octanol–water partition coefficient (Wildman–Crippen LogP) is 5.49. The maximum atomic E-state index is 9.34. The van der Waals surface area contributed by atoms with Gasteiger partial charge >= 0.3 is 0 Å². The van der Waals surface area contributed by atoms with E-state index in [2.05, 4.69) is 13.0 Å². The van der Waals surface area contributed by atoms with Crippen LogP contribution in [0.1, 0.15) is 65.2 Å². The Morgan fingerprint density at radius 1 is 1.00 bits per heavy atom. The van der Waals surface area contributed by atoms with Crippen molar-refractivity contribution < 1.29 is 4.74 Å². The monoisotopic (exact) mass is 273 g/mol. The zero-order valence-electron chi connectivity index (χ0n) is 12.9. The van der Waals surface area contributed by atoms with Crippen LogP contribution in [-0.2, 0) is 0 Å². The summed E-state index contributed by atoms with van der Waals surface area (Å²) in [5.74, 6) is 0.777. The third kappa shape index (κ3) is 6.61. The molecular formula is C18H27NO. The molecule has 1 aromatic carbocycles. The van der Waals surface area contributed by atoms with Crippen molar-refractivity contribution >= 4 is 0 Å². The largest absolute Gasteiger partial charge is 0.473 e. The van der Waals surface area contributed by atoms with Crippen LogP contribution in [0.4, 0.5) is 0 Å². The Morgan fingerprint density at radius 3 is 2.20 bits per heavy atom. The highest BCUT2D eigenvalue weighted by Crippen LogP contribution is 2.23.